The van der Waals surface area contributed by atoms with Gasteiger partial charge in [0.05, 0.1) is 68.6 Å². The summed E-state index contributed by atoms with van der Waals surface area (Å²) in [5.41, 5.74) is 12.6. The number of nitriles is 4. The van der Waals surface area contributed by atoms with Gasteiger partial charge >= 0.3 is 0 Å². The van der Waals surface area contributed by atoms with E-state index in [4.69, 9.17) is 9.97 Å². The number of hydrogen-bond acceptors (Lipinski definition) is 7. The first-order valence-electron chi connectivity index (χ1n) is 20.5. The zero-order valence-electron chi connectivity index (χ0n) is 34.1. The van der Waals surface area contributed by atoms with Gasteiger partial charge in [0.25, 0.3) is 0 Å². The Hall–Kier alpha value is -9.60. The molecule has 8 nitrogen and oxygen atoms in total. The fourth-order valence-electron chi connectivity index (χ4n) is 8.26. The molecule has 0 unspecified atom stereocenters. The summed E-state index contributed by atoms with van der Waals surface area (Å²) in [5, 5.41) is 42.2. The molecule has 64 heavy (non-hydrogen) atoms. The summed E-state index contributed by atoms with van der Waals surface area (Å²) in [4.78, 5) is 12.0. The third-order valence-corrected chi connectivity index (χ3v) is 11.4. The highest BCUT2D eigenvalue weighted by Crippen LogP contribution is 2.41. The molecule has 0 saturated heterocycles. The lowest BCUT2D eigenvalue weighted by Gasteiger charge is -2.25. The van der Waals surface area contributed by atoms with Crippen LogP contribution in [0.2, 0.25) is 0 Å². The van der Waals surface area contributed by atoms with E-state index in [1.165, 1.54) is 0 Å². The number of anilines is 3. The number of para-hydroxylation sites is 3. The molecule has 8 heteroatoms. The van der Waals surface area contributed by atoms with Crippen molar-refractivity contribution in [3.8, 4) is 75.0 Å². The molecule has 10 rings (SSSR count). The quantitative estimate of drug-likeness (QED) is 0.149. The molecule has 0 amide bonds. The molecule has 2 heterocycles. The van der Waals surface area contributed by atoms with Crippen molar-refractivity contribution in [2.75, 3.05) is 4.90 Å². The average molecular weight is 817 g/mol. The van der Waals surface area contributed by atoms with Crippen molar-refractivity contribution in [1.82, 2.24) is 14.5 Å². The van der Waals surface area contributed by atoms with Crippen LogP contribution in [0.25, 0.3) is 72.5 Å². The number of rotatable bonds is 8. The van der Waals surface area contributed by atoms with E-state index in [2.05, 4.69) is 82.3 Å². The molecule has 0 aliphatic heterocycles. The Labute approximate surface area is 369 Å². The van der Waals surface area contributed by atoms with Crippen LogP contribution in [0.5, 0.6) is 0 Å². The Morgan fingerprint density at radius 2 is 0.906 bits per heavy atom. The van der Waals surface area contributed by atoms with Crippen molar-refractivity contribution < 1.29 is 0 Å². The summed E-state index contributed by atoms with van der Waals surface area (Å²) < 4.78 is 2.09. The molecule has 0 bridgehead atoms. The van der Waals surface area contributed by atoms with Crippen molar-refractivity contribution in [3.63, 3.8) is 0 Å². The molecule has 2 aromatic heterocycles. The highest BCUT2D eigenvalue weighted by atomic mass is 15.1. The zero-order chi connectivity index (χ0) is 43.6. The van der Waals surface area contributed by atoms with Gasteiger partial charge in [-0.1, -0.05) is 91.0 Å². The van der Waals surface area contributed by atoms with Crippen LogP contribution in [0.1, 0.15) is 22.3 Å². The van der Waals surface area contributed by atoms with E-state index in [0.29, 0.717) is 50.7 Å². The highest BCUT2D eigenvalue weighted by molar-refractivity contribution is 6.11. The molecular formula is C56H32N8. The first kappa shape index (κ1) is 38.6. The number of nitrogens with zero attached hydrogens (tertiary/aromatic N) is 8. The summed E-state index contributed by atoms with van der Waals surface area (Å²) in [6, 6.07) is 71.9. The van der Waals surface area contributed by atoms with Gasteiger partial charge in [0.2, 0.25) is 0 Å². The fraction of sp³-hybridized carbons (Fsp3) is 0. The molecule has 0 N–H and O–H groups in total. The minimum Gasteiger partial charge on any atom is -0.310 e. The van der Waals surface area contributed by atoms with Crippen molar-refractivity contribution in [1.29, 1.82) is 21.0 Å². The SMILES string of the molecule is N#Cc1ccc(-c2cc(-c3ccc(-c4cc(C#N)c(-n5c6ccccc6c6cc(N(c7ccccc7)c7ccccc7)ccc65)cc4C#N)cc3)nc(-c3ccc(C#N)cc3)n2)cc1. The smallest absolute Gasteiger partial charge is 0.160 e. The maximum Gasteiger partial charge on any atom is 0.160 e. The van der Waals surface area contributed by atoms with Crippen LogP contribution in [0.4, 0.5) is 17.1 Å². The number of benzene rings is 8. The van der Waals surface area contributed by atoms with Gasteiger partial charge in [-0.15, -0.1) is 0 Å². The Bertz CT molecular complexity index is 3450. The van der Waals surface area contributed by atoms with Gasteiger partial charge in [0.15, 0.2) is 5.82 Å². The van der Waals surface area contributed by atoms with Gasteiger partial charge < -0.3 is 9.47 Å². The third-order valence-electron chi connectivity index (χ3n) is 11.4. The van der Waals surface area contributed by atoms with Crippen LogP contribution in [-0.2, 0) is 0 Å². The molecule has 8 aromatic carbocycles. The topological polar surface area (TPSA) is 129 Å². The highest BCUT2D eigenvalue weighted by Gasteiger charge is 2.21. The first-order valence-corrected chi connectivity index (χ1v) is 20.5. The zero-order valence-corrected chi connectivity index (χ0v) is 34.1. The maximum absolute atomic E-state index is 10.8. The Balaban J connectivity index is 1.06. The average Bonchev–Trinajstić information content (AvgIpc) is 3.70. The van der Waals surface area contributed by atoms with Crippen molar-refractivity contribution in [2.45, 2.75) is 0 Å². The van der Waals surface area contributed by atoms with Crippen molar-refractivity contribution >= 4 is 38.9 Å². The molecule has 296 valence electrons. The number of aromatic nitrogens is 3. The van der Waals surface area contributed by atoms with Gasteiger partial charge in [-0.2, -0.15) is 21.0 Å². The molecule has 0 radical (unpaired) electrons. The van der Waals surface area contributed by atoms with Gasteiger partial charge in [-0.05, 0) is 109 Å². The molecule has 0 spiro atoms. The lowest BCUT2D eigenvalue weighted by Crippen LogP contribution is -2.09. The lowest BCUT2D eigenvalue weighted by atomic mass is 9.95. The van der Waals surface area contributed by atoms with E-state index in [1.807, 2.05) is 115 Å². The van der Waals surface area contributed by atoms with Crippen LogP contribution >= 0.6 is 0 Å². The van der Waals surface area contributed by atoms with Crippen LogP contribution in [0.3, 0.4) is 0 Å². The predicted molar refractivity (Wildman–Crippen MR) is 252 cm³/mol. The summed E-state index contributed by atoms with van der Waals surface area (Å²) >= 11 is 0. The molecular weight excluding hydrogens is 785 g/mol. The van der Waals surface area contributed by atoms with Gasteiger partial charge in [-0.3, -0.25) is 0 Å². The van der Waals surface area contributed by atoms with Crippen LogP contribution in [-0.4, -0.2) is 14.5 Å². The van der Waals surface area contributed by atoms with Crippen LogP contribution in [0.15, 0.2) is 194 Å². The van der Waals surface area contributed by atoms with Crippen LogP contribution in [0, 0.1) is 45.3 Å². The van der Waals surface area contributed by atoms with Crippen LogP contribution < -0.4 is 4.90 Å². The normalized spacial score (nSPS) is 10.8. The van der Waals surface area contributed by atoms with E-state index < -0.39 is 0 Å². The Morgan fingerprint density at radius 1 is 0.391 bits per heavy atom. The van der Waals surface area contributed by atoms with E-state index in [0.717, 1.165) is 61.1 Å². The Kier molecular flexibility index (Phi) is 9.92. The molecule has 0 atom stereocenters. The second-order valence-corrected chi connectivity index (χ2v) is 15.1. The monoisotopic (exact) mass is 816 g/mol. The minimum atomic E-state index is 0.426. The van der Waals surface area contributed by atoms with Crippen molar-refractivity contribution in [2.24, 2.45) is 0 Å². The van der Waals surface area contributed by atoms with Gasteiger partial charge in [0.1, 0.15) is 6.07 Å². The Morgan fingerprint density at radius 3 is 1.48 bits per heavy atom. The standard InChI is InChI=1S/C56H32N8/c57-33-37-15-19-40(20-16-37)51-32-52(62-56(61-51)42-21-17-38(34-58)18-22-42)41-25-23-39(24-26-41)49-29-44(36-60)55(30-43(49)35-59)64-53-14-8-7-13-48(53)50-31-47(27-28-54(50)64)63(45-9-3-1-4-10-45)46-11-5-2-6-12-46/h1-32H. The maximum atomic E-state index is 10.8. The number of hydrogen-bond donors (Lipinski definition) is 0. The van der Waals surface area contributed by atoms with Crippen molar-refractivity contribution in [3.05, 3.63) is 216 Å². The second kappa shape index (κ2) is 16.5. The predicted octanol–water partition coefficient (Wildman–Crippen LogP) is 13.2. The third kappa shape index (κ3) is 7.02. The summed E-state index contributed by atoms with van der Waals surface area (Å²) in [7, 11) is 0. The van der Waals surface area contributed by atoms with E-state index in [1.54, 1.807) is 30.3 Å². The molecule has 10 aromatic rings. The minimum absolute atomic E-state index is 0.426. The van der Waals surface area contributed by atoms with Gasteiger partial charge in [-0.25, -0.2) is 9.97 Å². The molecule has 0 saturated carbocycles. The number of fused-ring (bicyclic) bond motifs is 3. The van der Waals surface area contributed by atoms with E-state index in [9.17, 15) is 21.0 Å². The molecule has 0 aliphatic rings. The summed E-state index contributed by atoms with van der Waals surface area (Å²) in [5.74, 6) is 0.484. The largest absolute Gasteiger partial charge is 0.310 e. The fourth-order valence-corrected chi connectivity index (χ4v) is 8.26. The summed E-state index contributed by atoms with van der Waals surface area (Å²) in [6.07, 6.45) is 0. The van der Waals surface area contributed by atoms with E-state index in [-0.39, 0.29) is 0 Å². The second-order valence-electron chi connectivity index (χ2n) is 15.1. The van der Waals surface area contributed by atoms with E-state index >= 15 is 0 Å². The lowest BCUT2D eigenvalue weighted by molar-refractivity contribution is 1.16. The van der Waals surface area contributed by atoms with Gasteiger partial charge in [0, 0.05) is 50.1 Å². The molecule has 0 fully saturated rings. The molecule has 0 aliphatic carbocycles. The first-order chi connectivity index (χ1) is 31.5. The summed E-state index contributed by atoms with van der Waals surface area (Å²) in [6.45, 7) is 0.